The summed E-state index contributed by atoms with van der Waals surface area (Å²) in [6.45, 7) is 0. The van der Waals surface area contributed by atoms with Gasteiger partial charge in [0, 0.05) is 11.6 Å². The first-order valence-corrected chi connectivity index (χ1v) is 7.21. The molecule has 0 spiro atoms. The summed E-state index contributed by atoms with van der Waals surface area (Å²) in [6.07, 6.45) is 11.2. The molecule has 0 fully saturated rings. The second kappa shape index (κ2) is 5.36. The Morgan fingerprint density at radius 3 is 2.45 bits per heavy atom. The van der Waals surface area contributed by atoms with Gasteiger partial charge in [-0.2, -0.15) is 0 Å². The molecule has 0 saturated heterocycles. The molecule has 1 aromatic heterocycles. The fourth-order valence-electron chi connectivity index (χ4n) is 2.54. The van der Waals surface area contributed by atoms with Crippen LogP contribution in [0.1, 0.15) is 0 Å². The van der Waals surface area contributed by atoms with Crippen LogP contribution >= 0.6 is 0 Å². The van der Waals surface area contributed by atoms with Crippen LogP contribution in [0.15, 0.2) is 90.8 Å². The topological polar surface area (TPSA) is 14.2 Å². The molecule has 0 unspecified atom stereocenters. The van der Waals surface area contributed by atoms with Gasteiger partial charge in [-0.15, -0.1) is 0 Å². The van der Waals surface area contributed by atoms with Crippen LogP contribution in [0, 0.1) is 6.08 Å². The highest BCUT2D eigenvalue weighted by atomic mass is 16.5. The number of para-hydroxylation sites is 2. The number of aromatic nitrogens is 1. The van der Waals surface area contributed by atoms with Gasteiger partial charge in [0.25, 0.3) is 5.76 Å². The fourth-order valence-corrected chi connectivity index (χ4v) is 2.54. The van der Waals surface area contributed by atoms with Gasteiger partial charge in [-0.05, 0) is 24.3 Å². The van der Waals surface area contributed by atoms with Crippen molar-refractivity contribution in [1.82, 2.24) is 4.57 Å². The average molecular weight is 284 g/mol. The van der Waals surface area contributed by atoms with Gasteiger partial charge in [0.1, 0.15) is 11.8 Å². The van der Waals surface area contributed by atoms with E-state index in [9.17, 15) is 0 Å². The summed E-state index contributed by atoms with van der Waals surface area (Å²) in [5.41, 5.74) is 2.26. The molecular formula is C20H14NO+. The molecule has 3 aromatic rings. The lowest BCUT2D eigenvalue weighted by Crippen LogP contribution is -1.99. The zero-order chi connectivity index (χ0) is 14.8. The number of hydrogen-bond acceptors (Lipinski definition) is 1. The third-order valence-corrected chi connectivity index (χ3v) is 3.62. The van der Waals surface area contributed by atoms with Crippen molar-refractivity contribution in [3.63, 3.8) is 0 Å². The normalized spacial score (nSPS) is 13.5. The first-order valence-electron chi connectivity index (χ1n) is 7.21. The lowest BCUT2D eigenvalue weighted by molar-refractivity contribution is 0.442. The van der Waals surface area contributed by atoms with Crippen LogP contribution in [0.25, 0.3) is 16.6 Å². The van der Waals surface area contributed by atoms with E-state index >= 15 is 0 Å². The van der Waals surface area contributed by atoms with Crippen molar-refractivity contribution in [2.75, 3.05) is 0 Å². The molecule has 0 bridgehead atoms. The Hall–Kier alpha value is -3.09. The summed E-state index contributed by atoms with van der Waals surface area (Å²) in [7, 11) is 0. The van der Waals surface area contributed by atoms with E-state index in [2.05, 4.69) is 47.2 Å². The van der Waals surface area contributed by atoms with E-state index < -0.39 is 0 Å². The Balaban J connectivity index is 1.62. The number of nitrogens with zero attached hydrogens (tertiary/aromatic N) is 1. The zero-order valence-corrected chi connectivity index (χ0v) is 11.9. The number of benzene rings is 2. The van der Waals surface area contributed by atoms with Crippen molar-refractivity contribution in [2.45, 2.75) is 0 Å². The first-order chi connectivity index (χ1) is 10.9. The summed E-state index contributed by atoms with van der Waals surface area (Å²) in [5, 5.41) is 1.23. The molecule has 0 saturated carbocycles. The highest BCUT2D eigenvalue weighted by Gasteiger charge is 2.14. The maximum absolute atomic E-state index is 5.77. The van der Waals surface area contributed by atoms with Crippen molar-refractivity contribution in [3.05, 3.63) is 96.9 Å². The second-order valence-corrected chi connectivity index (χ2v) is 5.07. The maximum Gasteiger partial charge on any atom is 0.294 e. The Morgan fingerprint density at radius 1 is 0.818 bits per heavy atom. The molecule has 4 rings (SSSR count). The van der Waals surface area contributed by atoms with E-state index in [0.717, 1.165) is 11.4 Å². The van der Waals surface area contributed by atoms with Gasteiger partial charge >= 0.3 is 0 Å². The van der Waals surface area contributed by atoms with Gasteiger partial charge in [0.15, 0.2) is 5.70 Å². The molecule has 0 radical (unpaired) electrons. The van der Waals surface area contributed by atoms with Crippen molar-refractivity contribution in [2.24, 2.45) is 0 Å². The summed E-state index contributed by atoms with van der Waals surface area (Å²) >= 11 is 0. The monoisotopic (exact) mass is 284 g/mol. The minimum Gasteiger partial charge on any atom is -0.426 e. The van der Waals surface area contributed by atoms with Crippen LogP contribution < -0.4 is 4.74 Å². The SMILES string of the molecule is [C+]1=C(Oc2ccccc2)C=CC(n2ccc3ccccc32)=C1. The van der Waals surface area contributed by atoms with E-state index in [1.54, 1.807) is 0 Å². The summed E-state index contributed by atoms with van der Waals surface area (Å²) in [5.74, 6) is 1.53. The quantitative estimate of drug-likeness (QED) is 0.629. The number of fused-ring (bicyclic) bond motifs is 1. The van der Waals surface area contributed by atoms with Crippen LogP contribution in [0.5, 0.6) is 5.75 Å². The molecule has 0 aliphatic heterocycles. The third kappa shape index (κ3) is 2.32. The predicted octanol–water partition coefficient (Wildman–Crippen LogP) is 4.82. The highest BCUT2D eigenvalue weighted by molar-refractivity contribution is 5.85. The van der Waals surface area contributed by atoms with Gasteiger partial charge in [-0.1, -0.05) is 36.4 Å². The van der Waals surface area contributed by atoms with E-state index in [1.807, 2.05) is 48.6 Å². The van der Waals surface area contributed by atoms with E-state index in [0.29, 0.717) is 5.76 Å². The number of allylic oxidation sites excluding steroid dienone is 5. The van der Waals surface area contributed by atoms with Gasteiger partial charge in [-0.3, -0.25) is 4.57 Å². The zero-order valence-electron chi connectivity index (χ0n) is 11.9. The van der Waals surface area contributed by atoms with Crippen LogP contribution in [0.3, 0.4) is 0 Å². The van der Waals surface area contributed by atoms with Crippen LogP contribution in [-0.2, 0) is 0 Å². The molecule has 0 amide bonds. The minimum atomic E-state index is 0.714. The lowest BCUT2D eigenvalue weighted by atomic mass is 10.2. The van der Waals surface area contributed by atoms with Gasteiger partial charge in [0.2, 0.25) is 0 Å². The lowest BCUT2D eigenvalue weighted by Gasteiger charge is -2.04. The Kier molecular flexibility index (Phi) is 3.08. The molecule has 2 aromatic carbocycles. The summed E-state index contributed by atoms with van der Waals surface area (Å²) < 4.78 is 7.92. The van der Waals surface area contributed by atoms with Gasteiger partial charge in [-0.25, -0.2) is 0 Å². The number of hydrogen-bond donors (Lipinski definition) is 0. The molecule has 0 atom stereocenters. The van der Waals surface area contributed by atoms with E-state index in [-0.39, 0.29) is 0 Å². The summed E-state index contributed by atoms with van der Waals surface area (Å²) in [4.78, 5) is 0. The minimum absolute atomic E-state index is 0.714. The molecule has 104 valence electrons. The maximum atomic E-state index is 5.77. The standard InChI is InChI=1S/C20H14NO/c1-2-7-18(8-3-1)22-19-12-10-17(11-13-19)21-15-14-16-6-4-5-9-20(16)21/h1-12,14-15H/q+1. The average Bonchev–Trinajstić information content (AvgIpc) is 3.01. The molecule has 1 aliphatic rings. The van der Waals surface area contributed by atoms with Gasteiger partial charge in [0.05, 0.1) is 23.7 Å². The highest BCUT2D eigenvalue weighted by Crippen LogP contribution is 2.23. The first kappa shape index (κ1) is 12.6. The number of rotatable bonds is 3. The predicted molar refractivity (Wildman–Crippen MR) is 89.2 cm³/mol. The Labute approximate surface area is 129 Å². The van der Waals surface area contributed by atoms with Gasteiger partial charge < -0.3 is 4.74 Å². The molecule has 1 aliphatic carbocycles. The summed E-state index contributed by atoms with van der Waals surface area (Å²) in [6, 6.07) is 20.2. The fraction of sp³-hybridized carbons (Fsp3) is 0. The molecule has 0 N–H and O–H groups in total. The smallest absolute Gasteiger partial charge is 0.294 e. The molecule has 2 nitrogen and oxygen atoms in total. The van der Waals surface area contributed by atoms with E-state index in [1.165, 1.54) is 10.9 Å². The van der Waals surface area contributed by atoms with Crippen LogP contribution in [0.4, 0.5) is 0 Å². The molecule has 22 heavy (non-hydrogen) atoms. The van der Waals surface area contributed by atoms with Crippen molar-refractivity contribution in [1.29, 1.82) is 0 Å². The van der Waals surface area contributed by atoms with E-state index in [4.69, 9.17) is 4.74 Å². The third-order valence-electron chi connectivity index (χ3n) is 3.62. The molecule has 2 heteroatoms. The Morgan fingerprint density at radius 2 is 1.64 bits per heavy atom. The second-order valence-electron chi connectivity index (χ2n) is 5.07. The molecule has 1 heterocycles. The van der Waals surface area contributed by atoms with Crippen LogP contribution in [0.2, 0.25) is 0 Å². The Bertz CT molecular complexity index is 898. The largest absolute Gasteiger partial charge is 0.426 e. The van der Waals surface area contributed by atoms with Crippen molar-refractivity contribution >= 4 is 16.6 Å². The van der Waals surface area contributed by atoms with Crippen molar-refractivity contribution in [3.8, 4) is 5.75 Å². The molecular weight excluding hydrogens is 270 g/mol. The number of ether oxygens (including phenoxy) is 1. The van der Waals surface area contributed by atoms with Crippen LogP contribution in [-0.4, -0.2) is 4.57 Å². The van der Waals surface area contributed by atoms with Crippen molar-refractivity contribution < 1.29 is 4.74 Å².